The van der Waals surface area contributed by atoms with Gasteiger partial charge in [-0.25, -0.2) is 5.43 Å². The average Bonchev–Trinajstić information content (AvgIpc) is 2.63. The van der Waals surface area contributed by atoms with Gasteiger partial charge in [-0.3, -0.25) is 4.79 Å². The summed E-state index contributed by atoms with van der Waals surface area (Å²) in [5.41, 5.74) is 4.73. The summed E-state index contributed by atoms with van der Waals surface area (Å²) in [4.78, 5) is 12.3. The normalized spacial score (nSPS) is 11.0. The fourth-order valence-electron chi connectivity index (χ4n) is 2.71. The number of hydrazone groups is 1. The Balaban J connectivity index is 1.88. The van der Waals surface area contributed by atoms with E-state index in [1.807, 2.05) is 56.3 Å². The molecule has 0 unspecified atom stereocenters. The van der Waals surface area contributed by atoms with Gasteiger partial charge in [0, 0.05) is 5.56 Å². The Kier molecular flexibility index (Phi) is 5.54. The van der Waals surface area contributed by atoms with Gasteiger partial charge in [0.05, 0.1) is 23.4 Å². The third kappa shape index (κ3) is 3.86. The summed E-state index contributed by atoms with van der Waals surface area (Å²) < 4.78 is 5.69. The van der Waals surface area contributed by atoms with Gasteiger partial charge in [-0.2, -0.15) is 5.10 Å². The van der Waals surface area contributed by atoms with E-state index < -0.39 is 0 Å². The molecule has 26 heavy (non-hydrogen) atoms. The first-order valence-electron chi connectivity index (χ1n) is 8.34. The number of halogens is 1. The molecular weight excluding hydrogens is 348 g/mol. The number of carbonyl (C=O) groups excluding carboxylic acids is 1. The maximum atomic E-state index is 12.3. The van der Waals surface area contributed by atoms with Gasteiger partial charge in [0.1, 0.15) is 5.75 Å². The van der Waals surface area contributed by atoms with Gasteiger partial charge < -0.3 is 4.74 Å². The highest BCUT2D eigenvalue weighted by Crippen LogP contribution is 2.26. The molecule has 1 amide bonds. The summed E-state index contributed by atoms with van der Waals surface area (Å²) >= 11 is 6.13. The lowest BCUT2D eigenvalue weighted by Gasteiger charge is -2.10. The summed E-state index contributed by atoms with van der Waals surface area (Å²) in [6, 6.07) is 17.1. The maximum absolute atomic E-state index is 12.3. The van der Waals surface area contributed by atoms with Crippen LogP contribution in [-0.4, -0.2) is 18.7 Å². The second-order valence-electron chi connectivity index (χ2n) is 5.81. The predicted octanol–water partition coefficient (Wildman–Crippen LogP) is 4.96. The number of aryl methyl sites for hydroxylation is 1. The van der Waals surface area contributed by atoms with Crippen molar-refractivity contribution in [2.75, 3.05) is 6.61 Å². The monoisotopic (exact) mass is 366 g/mol. The number of carbonyl (C=O) groups is 1. The molecule has 0 atom stereocenters. The third-order valence-electron chi connectivity index (χ3n) is 3.96. The summed E-state index contributed by atoms with van der Waals surface area (Å²) in [7, 11) is 0. The van der Waals surface area contributed by atoms with E-state index in [2.05, 4.69) is 10.5 Å². The highest BCUT2D eigenvalue weighted by atomic mass is 35.5. The van der Waals surface area contributed by atoms with Crippen molar-refractivity contribution in [3.8, 4) is 5.75 Å². The molecule has 0 aliphatic rings. The Morgan fingerprint density at radius 3 is 2.77 bits per heavy atom. The Morgan fingerprint density at radius 1 is 1.19 bits per heavy atom. The third-order valence-corrected chi connectivity index (χ3v) is 4.27. The first-order chi connectivity index (χ1) is 12.6. The second-order valence-corrected chi connectivity index (χ2v) is 6.22. The summed E-state index contributed by atoms with van der Waals surface area (Å²) in [5.74, 6) is 0.363. The molecule has 0 bridgehead atoms. The van der Waals surface area contributed by atoms with Gasteiger partial charge in [0.15, 0.2) is 0 Å². The van der Waals surface area contributed by atoms with Crippen LogP contribution in [0.5, 0.6) is 5.75 Å². The first-order valence-corrected chi connectivity index (χ1v) is 8.72. The predicted molar refractivity (Wildman–Crippen MR) is 106 cm³/mol. The van der Waals surface area contributed by atoms with Crippen LogP contribution in [0.25, 0.3) is 10.8 Å². The van der Waals surface area contributed by atoms with Crippen molar-refractivity contribution in [2.24, 2.45) is 5.10 Å². The van der Waals surface area contributed by atoms with E-state index in [1.165, 1.54) is 0 Å². The van der Waals surface area contributed by atoms with Crippen LogP contribution in [0.4, 0.5) is 0 Å². The summed E-state index contributed by atoms with van der Waals surface area (Å²) in [6.07, 6.45) is 1.60. The quantitative estimate of drug-likeness (QED) is 0.512. The number of fused-ring (bicyclic) bond motifs is 1. The number of nitrogens with zero attached hydrogens (tertiary/aromatic N) is 1. The smallest absolute Gasteiger partial charge is 0.272 e. The largest absolute Gasteiger partial charge is 0.493 e. The number of rotatable bonds is 5. The van der Waals surface area contributed by atoms with E-state index >= 15 is 0 Å². The topological polar surface area (TPSA) is 50.7 Å². The van der Waals surface area contributed by atoms with Crippen molar-refractivity contribution in [3.63, 3.8) is 0 Å². The standard InChI is InChI=1S/C21H19ClN2O2/c1-3-26-20-11-9-15-6-4-5-7-16(15)18(20)13-23-24-21(25)17-10-8-14(2)12-19(17)22/h4-13H,3H2,1-2H3,(H,24,25)/b23-13-. The Bertz CT molecular complexity index is 983. The summed E-state index contributed by atoms with van der Waals surface area (Å²) in [6.45, 7) is 4.39. The van der Waals surface area contributed by atoms with E-state index in [-0.39, 0.29) is 5.91 Å². The number of hydrogen-bond acceptors (Lipinski definition) is 3. The van der Waals surface area contributed by atoms with Crippen LogP contribution in [0.2, 0.25) is 5.02 Å². The molecule has 3 aromatic rings. The van der Waals surface area contributed by atoms with E-state index in [4.69, 9.17) is 16.3 Å². The van der Waals surface area contributed by atoms with Crippen LogP contribution in [0, 0.1) is 6.92 Å². The van der Waals surface area contributed by atoms with E-state index in [0.29, 0.717) is 17.2 Å². The molecule has 132 valence electrons. The number of benzene rings is 3. The van der Waals surface area contributed by atoms with Crippen LogP contribution in [0.3, 0.4) is 0 Å². The molecule has 4 nitrogen and oxygen atoms in total. The van der Waals surface area contributed by atoms with Crippen molar-refractivity contribution in [1.29, 1.82) is 0 Å². The highest BCUT2D eigenvalue weighted by Gasteiger charge is 2.10. The second kappa shape index (κ2) is 8.02. The Hall–Kier alpha value is -2.85. The molecule has 0 heterocycles. The molecule has 3 aromatic carbocycles. The van der Waals surface area contributed by atoms with Gasteiger partial charge >= 0.3 is 0 Å². The van der Waals surface area contributed by atoms with E-state index in [1.54, 1.807) is 18.3 Å². The minimum Gasteiger partial charge on any atom is -0.493 e. The molecule has 5 heteroatoms. The van der Waals surface area contributed by atoms with E-state index in [9.17, 15) is 4.79 Å². The van der Waals surface area contributed by atoms with Gasteiger partial charge in [-0.1, -0.05) is 48.0 Å². The number of ether oxygens (including phenoxy) is 1. The number of amides is 1. The van der Waals surface area contributed by atoms with Gasteiger partial charge in [0.2, 0.25) is 0 Å². The fraction of sp³-hybridized carbons (Fsp3) is 0.143. The summed E-state index contributed by atoms with van der Waals surface area (Å²) in [5, 5.41) is 6.59. The first kappa shape index (κ1) is 18.0. The van der Waals surface area contributed by atoms with Crippen molar-refractivity contribution < 1.29 is 9.53 Å². The lowest BCUT2D eigenvalue weighted by molar-refractivity contribution is 0.0955. The minimum atomic E-state index is -0.357. The van der Waals surface area contributed by atoms with Crippen molar-refractivity contribution in [3.05, 3.63) is 76.3 Å². The molecule has 0 aliphatic heterocycles. The zero-order valence-electron chi connectivity index (χ0n) is 14.6. The van der Waals surface area contributed by atoms with Crippen LogP contribution in [-0.2, 0) is 0 Å². The number of nitrogens with one attached hydrogen (secondary N) is 1. The van der Waals surface area contributed by atoms with E-state index in [0.717, 1.165) is 27.6 Å². The lowest BCUT2D eigenvalue weighted by Crippen LogP contribution is -2.18. The molecule has 1 N–H and O–H groups in total. The van der Waals surface area contributed by atoms with Crippen molar-refractivity contribution in [2.45, 2.75) is 13.8 Å². The highest BCUT2D eigenvalue weighted by molar-refractivity contribution is 6.33. The minimum absolute atomic E-state index is 0.357. The molecule has 0 saturated heterocycles. The van der Waals surface area contributed by atoms with Gasteiger partial charge in [-0.05, 0) is 48.4 Å². The van der Waals surface area contributed by atoms with Crippen LogP contribution in [0.1, 0.15) is 28.4 Å². The average molecular weight is 367 g/mol. The zero-order valence-corrected chi connectivity index (χ0v) is 15.4. The fourth-order valence-corrected chi connectivity index (χ4v) is 3.03. The van der Waals surface area contributed by atoms with Crippen LogP contribution >= 0.6 is 11.6 Å². The zero-order chi connectivity index (χ0) is 18.5. The Labute approximate surface area is 157 Å². The maximum Gasteiger partial charge on any atom is 0.272 e. The van der Waals surface area contributed by atoms with Crippen LogP contribution < -0.4 is 10.2 Å². The molecular formula is C21H19ClN2O2. The molecule has 3 rings (SSSR count). The van der Waals surface area contributed by atoms with Crippen molar-refractivity contribution >= 4 is 34.5 Å². The SMILES string of the molecule is CCOc1ccc2ccccc2c1/C=N\NC(=O)c1ccc(C)cc1Cl. The molecule has 0 saturated carbocycles. The Morgan fingerprint density at radius 2 is 2.00 bits per heavy atom. The molecule has 0 aromatic heterocycles. The van der Waals surface area contributed by atoms with Gasteiger partial charge in [0.25, 0.3) is 5.91 Å². The molecule has 0 aliphatic carbocycles. The lowest BCUT2D eigenvalue weighted by atomic mass is 10.0. The van der Waals surface area contributed by atoms with Crippen molar-refractivity contribution in [1.82, 2.24) is 5.43 Å². The molecule has 0 fully saturated rings. The molecule has 0 radical (unpaired) electrons. The van der Waals surface area contributed by atoms with Crippen LogP contribution in [0.15, 0.2) is 59.7 Å². The number of hydrogen-bond donors (Lipinski definition) is 1. The van der Waals surface area contributed by atoms with Gasteiger partial charge in [-0.15, -0.1) is 0 Å². The molecule has 0 spiro atoms.